The highest BCUT2D eigenvalue weighted by Gasteiger charge is 2.48. The molecule has 2 saturated heterocycles. The number of piperidine rings is 2. The van der Waals surface area contributed by atoms with Gasteiger partial charge in [0.05, 0.1) is 18.8 Å². The van der Waals surface area contributed by atoms with E-state index in [1.165, 1.54) is 16.5 Å². The van der Waals surface area contributed by atoms with Crippen LogP contribution in [0.15, 0.2) is 42.6 Å². The summed E-state index contributed by atoms with van der Waals surface area (Å²) in [4.78, 5) is 17.4. The highest BCUT2D eigenvalue weighted by Crippen LogP contribution is 2.50. The quantitative estimate of drug-likeness (QED) is 0.512. The number of aromatic amines is 1. The van der Waals surface area contributed by atoms with E-state index in [1.807, 2.05) is 18.3 Å². The molecule has 0 spiro atoms. The zero-order chi connectivity index (χ0) is 23.1. The van der Waals surface area contributed by atoms with Crippen LogP contribution in [-0.2, 0) is 11.3 Å². The second-order valence-electron chi connectivity index (χ2n) is 9.31. The molecule has 1 aliphatic carbocycles. The number of rotatable bonds is 7. The van der Waals surface area contributed by atoms with Crippen LogP contribution in [0.1, 0.15) is 59.3 Å². The Morgan fingerprint density at radius 1 is 1.21 bits per heavy atom. The van der Waals surface area contributed by atoms with Crippen LogP contribution in [-0.4, -0.2) is 46.8 Å². The predicted molar refractivity (Wildman–Crippen MR) is 128 cm³/mol. The number of ether oxygens (including phenoxy) is 2. The first-order valence-corrected chi connectivity index (χ1v) is 11.9. The number of carboxylic acids is 1. The molecule has 0 amide bonds. The third-order valence-corrected chi connectivity index (χ3v) is 7.60. The van der Waals surface area contributed by atoms with Gasteiger partial charge in [0.2, 0.25) is 0 Å². The summed E-state index contributed by atoms with van der Waals surface area (Å²) >= 11 is 0. The molecular weight excluding hydrogens is 416 g/mol. The van der Waals surface area contributed by atoms with Crippen LogP contribution in [0, 0.1) is 12.8 Å². The summed E-state index contributed by atoms with van der Waals surface area (Å²) in [6, 6.07) is 12.3. The number of benzene rings is 2. The van der Waals surface area contributed by atoms with Gasteiger partial charge in [-0.05, 0) is 68.5 Å². The van der Waals surface area contributed by atoms with Gasteiger partial charge >= 0.3 is 5.97 Å². The number of H-pyrrole nitrogens is 1. The number of methoxy groups -OCH3 is 1. The Kier molecular flexibility index (Phi) is 5.89. The van der Waals surface area contributed by atoms with Crippen LogP contribution in [0.25, 0.3) is 10.9 Å². The molecule has 1 aromatic heterocycles. The Bertz CT molecular complexity index is 1150. The maximum Gasteiger partial charge on any atom is 0.335 e. The van der Waals surface area contributed by atoms with E-state index in [4.69, 9.17) is 9.47 Å². The molecule has 6 nitrogen and oxygen atoms in total. The standard InChI is InChI=1S/C27H32N2O4/c1-4-33-24-14-19-9-10-21(24)26(17-5-7-18(8-6-17)27(30)31)29(19)15-22-20-11-12-28-25(20)16(2)13-23(22)32-3/h5-8,11-13,19,21,24,26,28H,4,9-10,14-15H2,1-3H3,(H,30,31)/t19?,21?,24-,26+/m1/s1. The number of hydrogen-bond acceptors (Lipinski definition) is 4. The topological polar surface area (TPSA) is 74.8 Å². The molecule has 174 valence electrons. The summed E-state index contributed by atoms with van der Waals surface area (Å²) in [5.41, 5.74) is 5.01. The summed E-state index contributed by atoms with van der Waals surface area (Å²) < 4.78 is 12.0. The van der Waals surface area contributed by atoms with Gasteiger partial charge in [-0.15, -0.1) is 0 Å². The molecule has 2 aliphatic heterocycles. The lowest BCUT2D eigenvalue weighted by Gasteiger charge is -2.55. The van der Waals surface area contributed by atoms with Crippen LogP contribution in [0.4, 0.5) is 0 Å². The van der Waals surface area contributed by atoms with Crippen molar-refractivity contribution in [3.05, 3.63) is 64.8 Å². The molecule has 2 bridgehead atoms. The lowest BCUT2D eigenvalue weighted by Crippen LogP contribution is -2.56. The molecule has 1 saturated carbocycles. The largest absolute Gasteiger partial charge is 0.496 e. The summed E-state index contributed by atoms with van der Waals surface area (Å²) in [6.45, 7) is 5.67. The molecule has 33 heavy (non-hydrogen) atoms. The van der Waals surface area contributed by atoms with Crippen molar-refractivity contribution in [2.24, 2.45) is 5.92 Å². The minimum atomic E-state index is -0.894. The van der Waals surface area contributed by atoms with Gasteiger partial charge in [-0.2, -0.15) is 0 Å². The van der Waals surface area contributed by atoms with E-state index in [2.05, 4.69) is 35.9 Å². The number of aromatic nitrogens is 1. The molecule has 6 rings (SSSR count). The number of nitrogens with one attached hydrogen (secondary N) is 1. The van der Waals surface area contributed by atoms with Gasteiger partial charge in [-0.25, -0.2) is 4.79 Å². The summed E-state index contributed by atoms with van der Waals surface area (Å²) in [5, 5.41) is 10.6. The van der Waals surface area contributed by atoms with Crippen molar-refractivity contribution in [1.29, 1.82) is 0 Å². The second-order valence-corrected chi connectivity index (χ2v) is 9.31. The SMILES string of the molecule is CCO[C@@H]1CC2CCC1[C@H](c1ccc(C(=O)O)cc1)N2Cc1c(OC)cc(C)c2[nH]ccc12. The number of aryl methyl sites for hydroxylation is 1. The van der Waals surface area contributed by atoms with E-state index >= 15 is 0 Å². The molecule has 0 radical (unpaired) electrons. The van der Waals surface area contributed by atoms with Gasteiger partial charge in [-0.3, -0.25) is 4.90 Å². The third kappa shape index (κ3) is 3.81. The van der Waals surface area contributed by atoms with Crippen molar-refractivity contribution in [2.45, 2.75) is 57.8 Å². The van der Waals surface area contributed by atoms with Crippen LogP contribution < -0.4 is 4.74 Å². The molecule has 2 aromatic carbocycles. The predicted octanol–water partition coefficient (Wildman–Crippen LogP) is 5.31. The average Bonchev–Trinajstić information content (AvgIpc) is 3.32. The Balaban J connectivity index is 1.57. The normalized spacial score (nSPS) is 24.9. The van der Waals surface area contributed by atoms with Gasteiger partial charge in [0.15, 0.2) is 0 Å². The second kappa shape index (κ2) is 8.84. The summed E-state index contributed by atoms with van der Waals surface area (Å²) in [7, 11) is 1.74. The lowest BCUT2D eigenvalue weighted by molar-refractivity contribution is -0.121. The molecule has 3 aromatic rings. The Morgan fingerprint density at radius 2 is 2.00 bits per heavy atom. The van der Waals surface area contributed by atoms with Crippen LogP contribution in [0.3, 0.4) is 0 Å². The van der Waals surface area contributed by atoms with E-state index in [9.17, 15) is 9.90 Å². The highest BCUT2D eigenvalue weighted by molar-refractivity contribution is 5.88. The van der Waals surface area contributed by atoms with Crippen molar-refractivity contribution in [1.82, 2.24) is 9.88 Å². The Hall–Kier alpha value is -2.83. The van der Waals surface area contributed by atoms with Crippen LogP contribution in [0.2, 0.25) is 0 Å². The van der Waals surface area contributed by atoms with E-state index in [1.54, 1.807) is 19.2 Å². The van der Waals surface area contributed by atoms with Crippen molar-refractivity contribution >= 4 is 16.9 Å². The maximum absolute atomic E-state index is 11.4. The smallest absolute Gasteiger partial charge is 0.335 e. The van der Waals surface area contributed by atoms with Gasteiger partial charge in [0.25, 0.3) is 0 Å². The molecule has 2 N–H and O–H groups in total. The van der Waals surface area contributed by atoms with E-state index in [-0.39, 0.29) is 12.1 Å². The van der Waals surface area contributed by atoms with Gasteiger partial charge in [0, 0.05) is 53.8 Å². The minimum absolute atomic E-state index is 0.178. The molecule has 3 heterocycles. The average molecular weight is 449 g/mol. The molecular formula is C27H32N2O4. The zero-order valence-corrected chi connectivity index (χ0v) is 19.5. The highest BCUT2D eigenvalue weighted by atomic mass is 16.5. The third-order valence-electron chi connectivity index (χ3n) is 7.60. The number of fused-ring (bicyclic) bond motifs is 4. The zero-order valence-electron chi connectivity index (χ0n) is 19.5. The molecule has 4 atom stereocenters. The van der Waals surface area contributed by atoms with Gasteiger partial charge < -0.3 is 19.6 Å². The van der Waals surface area contributed by atoms with Crippen molar-refractivity contribution in [2.75, 3.05) is 13.7 Å². The fraction of sp³-hybridized carbons (Fsp3) is 0.444. The van der Waals surface area contributed by atoms with E-state index in [0.717, 1.165) is 42.6 Å². The van der Waals surface area contributed by atoms with Crippen molar-refractivity contribution < 1.29 is 19.4 Å². The monoisotopic (exact) mass is 448 g/mol. The fourth-order valence-corrected chi connectivity index (χ4v) is 6.13. The first kappa shape index (κ1) is 22.0. The number of carbonyl (C=O) groups is 1. The van der Waals surface area contributed by atoms with Crippen molar-refractivity contribution in [3.63, 3.8) is 0 Å². The van der Waals surface area contributed by atoms with Gasteiger partial charge in [0.1, 0.15) is 5.75 Å². The van der Waals surface area contributed by atoms with Crippen LogP contribution >= 0.6 is 0 Å². The lowest BCUT2D eigenvalue weighted by atomic mass is 9.70. The van der Waals surface area contributed by atoms with Gasteiger partial charge in [-0.1, -0.05) is 12.1 Å². The first-order valence-electron chi connectivity index (χ1n) is 11.9. The number of hydrogen-bond donors (Lipinski definition) is 2. The summed E-state index contributed by atoms with van der Waals surface area (Å²) in [5.74, 6) is 0.404. The minimum Gasteiger partial charge on any atom is -0.496 e. The molecule has 6 heteroatoms. The maximum atomic E-state index is 11.4. The number of carboxylic acid groups (broad SMARTS) is 1. The molecule has 3 fully saturated rings. The Labute approximate surface area is 194 Å². The number of nitrogens with zero attached hydrogens (tertiary/aromatic N) is 1. The Morgan fingerprint density at radius 3 is 2.70 bits per heavy atom. The van der Waals surface area contributed by atoms with Crippen molar-refractivity contribution in [3.8, 4) is 5.75 Å². The van der Waals surface area contributed by atoms with Crippen LogP contribution in [0.5, 0.6) is 5.75 Å². The number of aromatic carboxylic acids is 1. The molecule has 2 unspecified atom stereocenters. The fourth-order valence-electron chi connectivity index (χ4n) is 6.13. The van der Waals surface area contributed by atoms with E-state index < -0.39 is 5.97 Å². The molecule has 3 aliphatic rings. The summed E-state index contributed by atoms with van der Waals surface area (Å²) in [6.07, 6.45) is 5.55. The first-order chi connectivity index (χ1) is 16.0. The van der Waals surface area contributed by atoms with E-state index in [0.29, 0.717) is 24.1 Å².